The highest BCUT2D eigenvalue weighted by Gasteiger charge is 2.49. The Labute approximate surface area is 211 Å². The van der Waals surface area contributed by atoms with Gasteiger partial charge in [-0.15, -0.1) is 0 Å². The molecule has 2 heterocycles. The highest BCUT2D eigenvalue weighted by Crippen LogP contribution is 2.24. The number of hydrogen-bond acceptors (Lipinski definition) is 11. The van der Waals surface area contributed by atoms with Crippen molar-refractivity contribution in [1.29, 1.82) is 0 Å². The maximum Gasteiger partial charge on any atom is 0.325 e. The lowest BCUT2D eigenvalue weighted by atomic mass is 10.1. The van der Waals surface area contributed by atoms with Gasteiger partial charge in [0.05, 0.1) is 24.8 Å². The molecule has 0 spiro atoms. The summed E-state index contributed by atoms with van der Waals surface area (Å²) >= 11 is 0. The minimum absolute atomic E-state index is 0.0499. The number of fused-ring (bicyclic) bond motifs is 1. The molecule has 1 fully saturated rings. The number of nitro groups is 1. The first-order valence-corrected chi connectivity index (χ1v) is 11.2. The number of benzene rings is 2. The molecule has 0 saturated carbocycles. The molecule has 1 saturated heterocycles. The number of likely N-dealkylation sites (N-methyl/N-ethyl adjacent to an activating group) is 1. The van der Waals surface area contributed by atoms with Gasteiger partial charge in [-0.1, -0.05) is 0 Å². The van der Waals surface area contributed by atoms with E-state index in [1.807, 2.05) is 0 Å². The van der Waals surface area contributed by atoms with E-state index in [2.05, 4.69) is 20.8 Å². The van der Waals surface area contributed by atoms with E-state index in [1.165, 1.54) is 47.3 Å². The second-order valence-corrected chi connectivity index (χ2v) is 8.23. The molecule has 4 rings (SSSR count). The van der Waals surface area contributed by atoms with Crippen molar-refractivity contribution < 1.29 is 29.1 Å². The van der Waals surface area contributed by atoms with E-state index < -0.39 is 35.2 Å². The number of non-ortho nitro benzene ring substituents is 1. The van der Waals surface area contributed by atoms with Crippen LogP contribution in [0.25, 0.3) is 0 Å². The molecule has 3 N–H and O–H groups in total. The first kappa shape index (κ1) is 25.4. The van der Waals surface area contributed by atoms with Gasteiger partial charge in [-0.3, -0.25) is 20.2 Å². The number of methoxy groups -OCH3 is 1. The van der Waals surface area contributed by atoms with Crippen LogP contribution in [0.3, 0.4) is 0 Å². The molecule has 14 heteroatoms. The average molecular weight is 511 g/mol. The number of β-amino-alcohol motifs (C(OH)–C–C–N with tert-alkyl or cyclic N) is 1. The van der Waals surface area contributed by atoms with Crippen LogP contribution in [0.4, 0.5) is 10.5 Å². The van der Waals surface area contributed by atoms with Crippen LogP contribution in [0.15, 0.2) is 58.6 Å². The van der Waals surface area contributed by atoms with Gasteiger partial charge in [-0.2, -0.15) is 5.10 Å². The number of guanidine groups is 1. The number of aliphatic imine (C=N–C) groups is 1. The highest BCUT2D eigenvalue weighted by atomic mass is 16.6. The topological polar surface area (TPSA) is 171 Å². The van der Waals surface area contributed by atoms with E-state index in [4.69, 9.17) is 9.47 Å². The number of carbonyl (C=O) groups is 2. The zero-order valence-corrected chi connectivity index (χ0v) is 20.0. The monoisotopic (exact) mass is 511 g/mol. The average Bonchev–Trinajstić information content (AvgIpc) is 3.25. The van der Waals surface area contributed by atoms with Crippen molar-refractivity contribution in [2.24, 2.45) is 10.1 Å². The van der Waals surface area contributed by atoms with Crippen LogP contribution in [0.2, 0.25) is 0 Å². The van der Waals surface area contributed by atoms with Gasteiger partial charge in [-0.05, 0) is 42.0 Å². The summed E-state index contributed by atoms with van der Waals surface area (Å²) in [5.74, 6) is 0.795. The van der Waals surface area contributed by atoms with Crippen molar-refractivity contribution in [3.05, 3.63) is 64.2 Å². The van der Waals surface area contributed by atoms with Crippen LogP contribution >= 0.6 is 0 Å². The molecular weight excluding hydrogens is 486 g/mol. The van der Waals surface area contributed by atoms with Crippen molar-refractivity contribution in [1.82, 2.24) is 20.5 Å². The molecular formula is C23H25N7O7. The number of aliphatic hydroxyl groups excluding tert-OH is 1. The Morgan fingerprint density at radius 2 is 1.89 bits per heavy atom. The van der Waals surface area contributed by atoms with Gasteiger partial charge in [0.15, 0.2) is 12.2 Å². The summed E-state index contributed by atoms with van der Waals surface area (Å²) in [6.07, 6.45) is -0.430. The molecule has 2 aromatic rings. The number of aliphatic hydroxyl groups is 1. The van der Waals surface area contributed by atoms with Gasteiger partial charge in [0.2, 0.25) is 5.96 Å². The minimum atomic E-state index is -1.03. The Bertz CT molecular complexity index is 1220. The molecule has 0 aliphatic carbocycles. The Morgan fingerprint density at radius 1 is 1.22 bits per heavy atom. The quantitative estimate of drug-likeness (QED) is 0.246. The minimum Gasteiger partial charge on any atom is -0.497 e. The molecule has 0 bridgehead atoms. The summed E-state index contributed by atoms with van der Waals surface area (Å²) in [6.45, 7) is -0.123. The third-order valence-corrected chi connectivity index (χ3v) is 5.75. The van der Waals surface area contributed by atoms with Gasteiger partial charge in [-0.25, -0.2) is 15.2 Å². The smallest absolute Gasteiger partial charge is 0.325 e. The van der Waals surface area contributed by atoms with Crippen molar-refractivity contribution in [2.45, 2.75) is 18.3 Å². The third kappa shape index (κ3) is 5.75. The molecule has 194 valence electrons. The molecule has 37 heavy (non-hydrogen) atoms. The van der Waals surface area contributed by atoms with Crippen LogP contribution in [0.5, 0.6) is 11.5 Å². The maximum absolute atomic E-state index is 12.7. The summed E-state index contributed by atoms with van der Waals surface area (Å²) in [5.41, 5.74) is 3.28. The summed E-state index contributed by atoms with van der Waals surface area (Å²) in [6, 6.07) is 11.1. The molecule has 3 amide bonds. The molecule has 2 aliphatic rings. The number of ether oxygens (including phenoxy) is 2. The van der Waals surface area contributed by atoms with Crippen LogP contribution in [-0.4, -0.2) is 89.6 Å². The Hall–Kier alpha value is -4.72. The van der Waals surface area contributed by atoms with E-state index in [-0.39, 0.29) is 24.8 Å². The Kier molecular flexibility index (Phi) is 7.48. The molecule has 0 aromatic heterocycles. The van der Waals surface area contributed by atoms with Crippen LogP contribution in [0, 0.1) is 10.1 Å². The first-order valence-electron chi connectivity index (χ1n) is 11.2. The third-order valence-electron chi connectivity index (χ3n) is 5.75. The zero-order chi connectivity index (χ0) is 26.5. The molecule has 2 aliphatic heterocycles. The summed E-state index contributed by atoms with van der Waals surface area (Å²) in [4.78, 5) is 42.3. The fourth-order valence-corrected chi connectivity index (χ4v) is 3.81. The van der Waals surface area contributed by atoms with Gasteiger partial charge >= 0.3 is 6.03 Å². The number of imide groups is 1. The van der Waals surface area contributed by atoms with Crippen molar-refractivity contribution in [3.63, 3.8) is 0 Å². The fraction of sp³-hybridized carbons (Fsp3) is 0.304. The maximum atomic E-state index is 12.7. The van der Waals surface area contributed by atoms with Crippen molar-refractivity contribution in [3.8, 4) is 11.5 Å². The number of carbonyl (C=O) groups excluding carboxylic acids is 2. The van der Waals surface area contributed by atoms with E-state index >= 15 is 0 Å². The first-order chi connectivity index (χ1) is 17.8. The Morgan fingerprint density at radius 3 is 2.54 bits per heavy atom. The van der Waals surface area contributed by atoms with E-state index in [1.54, 1.807) is 31.4 Å². The van der Waals surface area contributed by atoms with Crippen LogP contribution in [-0.2, 0) is 4.79 Å². The van der Waals surface area contributed by atoms with Crippen molar-refractivity contribution >= 4 is 29.8 Å². The van der Waals surface area contributed by atoms with Crippen molar-refractivity contribution in [2.75, 3.05) is 27.3 Å². The Balaban J connectivity index is 1.45. The van der Waals surface area contributed by atoms with E-state index in [9.17, 15) is 24.8 Å². The predicted octanol–water partition coefficient (Wildman–Crippen LogP) is 0.515. The molecule has 3 unspecified atom stereocenters. The van der Waals surface area contributed by atoms with Crippen LogP contribution < -0.4 is 20.2 Å². The molecule has 3 atom stereocenters. The van der Waals surface area contributed by atoms with E-state index in [0.29, 0.717) is 17.1 Å². The number of rotatable bonds is 9. The SMILES string of the molecule is COc1ccc(OCC(O)CN2C(N/N=C\c3ccc([N+](=O)[O-])cc3)=NC3C2C(=O)NC(=O)N3C)cc1. The number of nitrogens with one attached hydrogen (secondary N) is 2. The van der Waals surface area contributed by atoms with Gasteiger partial charge in [0.1, 0.15) is 24.2 Å². The largest absolute Gasteiger partial charge is 0.497 e. The highest BCUT2D eigenvalue weighted by molar-refractivity contribution is 6.03. The second kappa shape index (κ2) is 10.9. The number of hydrazone groups is 1. The van der Waals surface area contributed by atoms with Gasteiger partial charge in [0, 0.05) is 19.2 Å². The lowest BCUT2D eigenvalue weighted by Gasteiger charge is -2.36. The number of urea groups is 1. The lowest BCUT2D eigenvalue weighted by Crippen LogP contribution is -2.64. The van der Waals surface area contributed by atoms with E-state index in [0.717, 1.165) is 0 Å². The molecule has 14 nitrogen and oxygen atoms in total. The second-order valence-electron chi connectivity index (χ2n) is 8.23. The summed E-state index contributed by atoms with van der Waals surface area (Å²) in [5, 5.41) is 27.9. The number of nitrogens with zero attached hydrogens (tertiary/aromatic N) is 5. The molecule has 2 aromatic carbocycles. The number of hydrogen-bond donors (Lipinski definition) is 3. The van der Waals surface area contributed by atoms with Gasteiger partial charge in [0.25, 0.3) is 11.6 Å². The normalized spacial score (nSPS) is 19.8. The zero-order valence-electron chi connectivity index (χ0n) is 20.0. The lowest BCUT2D eigenvalue weighted by molar-refractivity contribution is -0.384. The van der Waals surface area contributed by atoms with Crippen LogP contribution in [0.1, 0.15) is 5.56 Å². The molecule has 0 radical (unpaired) electrons. The summed E-state index contributed by atoms with van der Waals surface area (Å²) in [7, 11) is 3.06. The summed E-state index contributed by atoms with van der Waals surface area (Å²) < 4.78 is 10.8. The number of nitro benzene ring substituents is 1. The standard InChI is InChI=1S/C23H25N7O7/c1-28-20-19(21(32)26-23(28)33)29(12-16(31)13-37-18-9-7-17(36-2)8-10-18)22(25-20)27-24-11-14-3-5-15(6-4-14)30(34)35/h3-11,16,19-20,31H,12-13H2,1-2H3,(H,25,27)(H,26,32,33)/b24-11-. The fourth-order valence-electron chi connectivity index (χ4n) is 3.81. The van der Waals surface area contributed by atoms with Gasteiger partial charge < -0.3 is 24.4 Å². The predicted molar refractivity (Wildman–Crippen MR) is 131 cm³/mol. The number of amides is 3.